The van der Waals surface area contributed by atoms with Crippen LogP contribution in [0.2, 0.25) is 0 Å². The number of aliphatic hydroxyl groups excluding tert-OH is 1. The van der Waals surface area contributed by atoms with Crippen LogP contribution in [0.15, 0.2) is 0 Å². The topological polar surface area (TPSA) is 23.5 Å². The maximum atomic E-state index is 9.18. The molecule has 2 nitrogen and oxygen atoms in total. The number of hydrogen-bond acceptors (Lipinski definition) is 2. The Morgan fingerprint density at radius 3 is 2.20 bits per heavy atom. The second-order valence-corrected chi connectivity index (χ2v) is 2.96. The van der Waals surface area contributed by atoms with Crippen molar-refractivity contribution < 1.29 is 5.11 Å². The smallest absolute Gasteiger partial charge is 0.0664 e. The average Bonchev–Trinajstić information content (AvgIpc) is 1.87. The van der Waals surface area contributed by atoms with E-state index in [0.717, 1.165) is 13.0 Å². The van der Waals surface area contributed by atoms with E-state index in [1.54, 1.807) is 0 Å². The third-order valence-electron chi connectivity index (χ3n) is 1.97. The third kappa shape index (κ3) is 3.18. The second kappa shape index (κ2) is 4.69. The lowest BCUT2D eigenvalue weighted by Gasteiger charge is -2.26. The Bertz CT molecular complexity index is 83.3. The standard InChI is InChI=1S/C8H19NO/c1-5-6-9(4)7(2)8(3)10/h7-8,10H,5-6H2,1-4H3. The Labute approximate surface area is 63.8 Å². The number of rotatable bonds is 4. The van der Waals surface area contributed by atoms with E-state index in [1.807, 2.05) is 20.9 Å². The zero-order chi connectivity index (χ0) is 8.15. The molecule has 0 spiro atoms. The van der Waals surface area contributed by atoms with Crippen LogP contribution in [0.4, 0.5) is 0 Å². The van der Waals surface area contributed by atoms with Gasteiger partial charge in [0.1, 0.15) is 0 Å². The summed E-state index contributed by atoms with van der Waals surface area (Å²) in [4.78, 5) is 2.17. The van der Waals surface area contributed by atoms with Gasteiger partial charge in [-0.05, 0) is 33.9 Å². The van der Waals surface area contributed by atoms with Crippen LogP contribution in [-0.2, 0) is 0 Å². The molecule has 0 aliphatic rings. The average molecular weight is 145 g/mol. The van der Waals surface area contributed by atoms with E-state index in [1.165, 1.54) is 0 Å². The predicted octanol–water partition coefficient (Wildman–Crippen LogP) is 1.10. The van der Waals surface area contributed by atoms with Gasteiger partial charge < -0.3 is 10.0 Å². The molecule has 62 valence electrons. The Morgan fingerprint density at radius 2 is 1.90 bits per heavy atom. The van der Waals surface area contributed by atoms with Crippen LogP contribution in [-0.4, -0.2) is 35.7 Å². The quantitative estimate of drug-likeness (QED) is 0.640. The summed E-state index contributed by atoms with van der Waals surface area (Å²) >= 11 is 0. The minimum Gasteiger partial charge on any atom is -0.392 e. The largest absolute Gasteiger partial charge is 0.392 e. The van der Waals surface area contributed by atoms with Crippen LogP contribution in [0.5, 0.6) is 0 Å². The second-order valence-electron chi connectivity index (χ2n) is 2.96. The molecule has 0 amide bonds. The van der Waals surface area contributed by atoms with Crippen LogP contribution >= 0.6 is 0 Å². The van der Waals surface area contributed by atoms with Gasteiger partial charge in [0.05, 0.1) is 6.10 Å². The number of likely N-dealkylation sites (N-methyl/N-ethyl adjacent to an activating group) is 1. The maximum absolute atomic E-state index is 9.18. The molecule has 0 rings (SSSR count). The van der Waals surface area contributed by atoms with Crippen molar-refractivity contribution in [3.05, 3.63) is 0 Å². The normalized spacial score (nSPS) is 17.4. The van der Waals surface area contributed by atoms with Gasteiger partial charge in [-0.15, -0.1) is 0 Å². The Morgan fingerprint density at radius 1 is 1.40 bits per heavy atom. The molecule has 0 aromatic heterocycles. The van der Waals surface area contributed by atoms with E-state index in [0.29, 0.717) is 0 Å². The van der Waals surface area contributed by atoms with Crippen molar-refractivity contribution in [1.29, 1.82) is 0 Å². The molecule has 2 heteroatoms. The molecule has 0 fully saturated rings. The number of nitrogens with zero attached hydrogens (tertiary/aromatic N) is 1. The van der Waals surface area contributed by atoms with Crippen LogP contribution in [0.3, 0.4) is 0 Å². The maximum Gasteiger partial charge on any atom is 0.0664 e. The molecule has 0 bridgehead atoms. The lowest BCUT2D eigenvalue weighted by atomic mass is 10.2. The van der Waals surface area contributed by atoms with E-state index in [-0.39, 0.29) is 12.1 Å². The van der Waals surface area contributed by atoms with Crippen molar-refractivity contribution in [3.63, 3.8) is 0 Å². The molecule has 2 unspecified atom stereocenters. The molecule has 0 aromatic rings. The molecule has 10 heavy (non-hydrogen) atoms. The highest BCUT2D eigenvalue weighted by Gasteiger charge is 2.12. The van der Waals surface area contributed by atoms with Crippen molar-refractivity contribution in [2.24, 2.45) is 0 Å². The molecular formula is C8H19NO. The van der Waals surface area contributed by atoms with Crippen molar-refractivity contribution in [3.8, 4) is 0 Å². The summed E-state index contributed by atoms with van der Waals surface area (Å²) in [6.45, 7) is 7.08. The molecule has 2 atom stereocenters. The summed E-state index contributed by atoms with van der Waals surface area (Å²) in [5, 5.41) is 9.18. The summed E-state index contributed by atoms with van der Waals surface area (Å²) in [6.07, 6.45) is 0.921. The highest BCUT2D eigenvalue weighted by Crippen LogP contribution is 2.01. The van der Waals surface area contributed by atoms with Crippen molar-refractivity contribution >= 4 is 0 Å². The first-order valence-electron chi connectivity index (χ1n) is 3.97. The van der Waals surface area contributed by atoms with Gasteiger partial charge in [-0.25, -0.2) is 0 Å². The number of aliphatic hydroxyl groups is 1. The fourth-order valence-electron chi connectivity index (χ4n) is 0.925. The van der Waals surface area contributed by atoms with E-state index in [4.69, 9.17) is 0 Å². The van der Waals surface area contributed by atoms with Gasteiger partial charge >= 0.3 is 0 Å². The molecule has 0 heterocycles. The molecule has 0 saturated carbocycles. The Hall–Kier alpha value is -0.0800. The fraction of sp³-hybridized carbons (Fsp3) is 1.00. The van der Waals surface area contributed by atoms with Crippen molar-refractivity contribution in [1.82, 2.24) is 4.90 Å². The summed E-state index contributed by atoms with van der Waals surface area (Å²) in [7, 11) is 2.04. The third-order valence-corrected chi connectivity index (χ3v) is 1.97. The molecular weight excluding hydrogens is 126 g/mol. The van der Waals surface area contributed by atoms with Gasteiger partial charge in [0.2, 0.25) is 0 Å². The minimum absolute atomic E-state index is 0.225. The lowest BCUT2D eigenvalue weighted by molar-refractivity contribution is 0.0868. The summed E-state index contributed by atoms with van der Waals surface area (Å²) in [5.74, 6) is 0. The van der Waals surface area contributed by atoms with E-state index >= 15 is 0 Å². The first-order chi connectivity index (χ1) is 4.59. The highest BCUT2D eigenvalue weighted by molar-refractivity contribution is 4.67. The molecule has 0 aromatic carbocycles. The van der Waals surface area contributed by atoms with Crippen molar-refractivity contribution in [2.45, 2.75) is 39.3 Å². The lowest BCUT2D eigenvalue weighted by Crippen LogP contribution is -2.37. The zero-order valence-corrected chi connectivity index (χ0v) is 7.46. The van der Waals surface area contributed by atoms with Gasteiger partial charge in [0.25, 0.3) is 0 Å². The number of hydrogen-bond donors (Lipinski definition) is 1. The molecule has 0 saturated heterocycles. The van der Waals surface area contributed by atoms with Gasteiger partial charge in [-0.3, -0.25) is 0 Å². The summed E-state index contributed by atoms with van der Waals surface area (Å²) in [6, 6.07) is 0.278. The van der Waals surface area contributed by atoms with Crippen LogP contribution in [0.1, 0.15) is 27.2 Å². The van der Waals surface area contributed by atoms with Gasteiger partial charge in [-0.1, -0.05) is 6.92 Å². The van der Waals surface area contributed by atoms with Gasteiger partial charge in [0.15, 0.2) is 0 Å². The van der Waals surface area contributed by atoms with Crippen molar-refractivity contribution in [2.75, 3.05) is 13.6 Å². The summed E-state index contributed by atoms with van der Waals surface area (Å²) < 4.78 is 0. The molecule has 1 N–H and O–H groups in total. The SMILES string of the molecule is CCCN(C)C(C)C(C)O. The molecule has 0 aliphatic carbocycles. The first kappa shape index (κ1) is 9.92. The first-order valence-corrected chi connectivity index (χ1v) is 3.97. The van der Waals surface area contributed by atoms with Crippen LogP contribution < -0.4 is 0 Å². The molecule has 0 radical (unpaired) electrons. The van der Waals surface area contributed by atoms with Crippen LogP contribution in [0.25, 0.3) is 0 Å². The summed E-state index contributed by atoms with van der Waals surface area (Å²) in [5.41, 5.74) is 0. The van der Waals surface area contributed by atoms with E-state index in [9.17, 15) is 5.11 Å². The monoisotopic (exact) mass is 145 g/mol. The zero-order valence-electron chi connectivity index (χ0n) is 7.46. The van der Waals surface area contributed by atoms with Gasteiger partial charge in [0, 0.05) is 6.04 Å². The van der Waals surface area contributed by atoms with E-state index < -0.39 is 0 Å². The van der Waals surface area contributed by atoms with Gasteiger partial charge in [-0.2, -0.15) is 0 Å². The molecule has 0 aliphatic heterocycles. The fourth-order valence-corrected chi connectivity index (χ4v) is 0.925. The Balaban J connectivity index is 3.58. The Kier molecular flexibility index (Phi) is 4.65. The highest BCUT2D eigenvalue weighted by atomic mass is 16.3. The van der Waals surface area contributed by atoms with E-state index in [2.05, 4.69) is 11.8 Å². The van der Waals surface area contributed by atoms with Crippen LogP contribution in [0, 0.1) is 0 Å². The minimum atomic E-state index is -0.225. The predicted molar refractivity (Wildman–Crippen MR) is 44.1 cm³/mol.